The van der Waals surface area contributed by atoms with Gasteiger partial charge < -0.3 is 14.7 Å². The summed E-state index contributed by atoms with van der Waals surface area (Å²) >= 11 is 0. The number of para-hydroxylation sites is 1. The smallest absolute Gasteiger partial charge is 0.256 e. The number of carbonyl (C=O) groups excluding carboxylic acids is 2. The van der Waals surface area contributed by atoms with Crippen LogP contribution in [0.5, 0.6) is 0 Å². The highest BCUT2D eigenvalue weighted by Gasteiger charge is 2.39. The average molecular weight is 445 g/mol. The van der Waals surface area contributed by atoms with E-state index in [4.69, 9.17) is 0 Å². The van der Waals surface area contributed by atoms with Gasteiger partial charge in [-0.3, -0.25) is 14.6 Å². The van der Waals surface area contributed by atoms with E-state index in [1.165, 1.54) is 12.1 Å². The van der Waals surface area contributed by atoms with Crippen molar-refractivity contribution in [2.75, 3.05) is 31.1 Å². The van der Waals surface area contributed by atoms with Crippen molar-refractivity contribution in [3.05, 3.63) is 95.6 Å². The zero-order valence-electron chi connectivity index (χ0n) is 18.2. The fraction of sp³-hybridized carbons (Fsp3) is 0.269. The lowest BCUT2D eigenvalue weighted by atomic mass is 10.1. The molecule has 0 N–H and O–H groups in total. The van der Waals surface area contributed by atoms with Crippen molar-refractivity contribution in [1.82, 2.24) is 14.8 Å². The SMILES string of the molecule is O=C(C[C@H]1c2ncccc2C(=O)N1Cc1ccc(F)cc1)N1CCN(c2ccccc2)CC1. The van der Waals surface area contributed by atoms with E-state index < -0.39 is 6.04 Å². The van der Waals surface area contributed by atoms with E-state index in [1.807, 2.05) is 23.1 Å². The Balaban J connectivity index is 1.30. The van der Waals surface area contributed by atoms with Crippen LogP contribution in [0.2, 0.25) is 0 Å². The second kappa shape index (κ2) is 9.02. The highest BCUT2D eigenvalue weighted by molar-refractivity contribution is 5.99. The molecule has 3 heterocycles. The summed E-state index contributed by atoms with van der Waals surface area (Å²) in [6.45, 7) is 3.12. The summed E-state index contributed by atoms with van der Waals surface area (Å²) in [4.78, 5) is 36.6. The lowest BCUT2D eigenvalue weighted by molar-refractivity contribution is -0.132. The van der Waals surface area contributed by atoms with Gasteiger partial charge in [0.15, 0.2) is 0 Å². The standard InChI is InChI=1S/C26H25FN4O2/c27-20-10-8-19(9-11-20)18-31-23(25-22(26(31)33)7-4-12-28-25)17-24(32)30-15-13-29(14-16-30)21-5-2-1-3-6-21/h1-12,23H,13-18H2/t23-/m0/s1. The third kappa shape index (κ3) is 4.31. The van der Waals surface area contributed by atoms with Gasteiger partial charge in [-0.25, -0.2) is 4.39 Å². The van der Waals surface area contributed by atoms with Crippen molar-refractivity contribution in [2.24, 2.45) is 0 Å². The molecule has 2 aromatic carbocycles. The normalized spacial score (nSPS) is 17.9. The summed E-state index contributed by atoms with van der Waals surface area (Å²) in [6, 6.07) is 19.4. The van der Waals surface area contributed by atoms with Gasteiger partial charge in [-0.15, -0.1) is 0 Å². The molecule has 0 spiro atoms. The van der Waals surface area contributed by atoms with Crippen molar-refractivity contribution in [1.29, 1.82) is 0 Å². The van der Waals surface area contributed by atoms with Gasteiger partial charge in [-0.05, 0) is 42.0 Å². The number of nitrogens with zero attached hydrogens (tertiary/aromatic N) is 4. The fourth-order valence-electron chi connectivity index (χ4n) is 4.63. The summed E-state index contributed by atoms with van der Waals surface area (Å²) in [5.41, 5.74) is 3.15. The number of pyridine rings is 1. The quantitative estimate of drug-likeness (QED) is 0.603. The number of carbonyl (C=O) groups is 2. The van der Waals surface area contributed by atoms with Crippen LogP contribution >= 0.6 is 0 Å². The topological polar surface area (TPSA) is 56.8 Å². The first-order valence-electron chi connectivity index (χ1n) is 11.2. The van der Waals surface area contributed by atoms with E-state index in [0.717, 1.165) is 24.3 Å². The number of hydrogen-bond acceptors (Lipinski definition) is 4. The molecule has 7 heteroatoms. The van der Waals surface area contributed by atoms with Crippen LogP contribution in [0.4, 0.5) is 10.1 Å². The Kier molecular flexibility index (Phi) is 5.77. The van der Waals surface area contributed by atoms with Crippen LogP contribution in [0.1, 0.15) is 34.1 Å². The van der Waals surface area contributed by atoms with E-state index in [2.05, 4.69) is 22.0 Å². The van der Waals surface area contributed by atoms with Crippen LogP contribution in [0, 0.1) is 5.82 Å². The summed E-state index contributed by atoms with van der Waals surface area (Å²) in [7, 11) is 0. The van der Waals surface area contributed by atoms with Crippen LogP contribution in [0.25, 0.3) is 0 Å². The highest BCUT2D eigenvalue weighted by atomic mass is 19.1. The lowest BCUT2D eigenvalue weighted by Crippen LogP contribution is -2.49. The zero-order valence-corrected chi connectivity index (χ0v) is 18.2. The lowest BCUT2D eigenvalue weighted by Gasteiger charge is -2.37. The molecule has 2 aliphatic rings. The molecular formula is C26H25FN4O2. The number of piperazine rings is 1. The number of anilines is 1. The Bertz CT molecular complexity index is 1140. The van der Waals surface area contributed by atoms with E-state index in [-0.39, 0.29) is 24.1 Å². The number of hydrogen-bond donors (Lipinski definition) is 0. The van der Waals surface area contributed by atoms with Crippen LogP contribution in [-0.4, -0.2) is 52.8 Å². The predicted molar refractivity (Wildman–Crippen MR) is 123 cm³/mol. The van der Waals surface area contributed by atoms with Gasteiger partial charge in [0.1, 0.15) is 5.82 Å². The Hall–Kier alpha value is -3.74. The molecule has 1 atom stereocenters. The molecule has 0 aliphatic carbocycles. The van der Waals surface area contributed by atoms with Crippen molar-refractivity contribution in [3.8, 4) is 0 Å². The Morgan fingerprint density at radius 2 is 1.67 bits per heavy atom. The summed E-state index contributed by atoms with van der Waals surface area (Å²) in [5.74, 6) is -0.449. The Labute approximate surface area is 192 Å². The summed E-state index contributed by atoms with van der Waals surface area (Å²) < 4.78 is 13.3. The maximum Gasteiger partial charge on any atom is 0.256 e. The van der Waals surface area contributed by atoms with Gasteiger partial charge in [0.2, 0.25) is 5.91 Å². The molecule has 3 aromatic rings. The third-order valence-corrected chi connectivity index (χ3v) is 6.41. The zero-order chi connectivity index (χ0) is 22.8. The van der Waals surface area contributed by atoms with Crippen molar-refractivity contribution < 1.29 is 14.0 Å². The van der Waals surface area contributed by atoms with Crippen LogP contribution in [0.15, 0.2) is 72.9 Å². The third-order valence-electron chi connectivity index (χ3n) is 6.41. The Morgan fingerprint density at radius 1 is 0.939 bits per heavy atom. The average Bonchev–Trinajstić information content (AvgIpc) is 3.12. The van der Waals surface area contributed by atoms with E-state index in [9.17, 15) is 14.0 Å². The molecule has 5 rings (SSSR count). The van der Waals surface area contributed by atoms with Crippen LogP contribution < -0.4 is 4.90 Å². The molecule has 0 bridgehead atoms. The maximum atomic E-state index is 13.3. The molecule has 168 valence electrons. The second-order valence-electron chi connectivity index (χ2n) is 8.42. The molecule has 0 unspecified atom stereocenters. The molecule has 1 saturated heterocycles. The second-order valence-corrected chi connectivity index (χ2v) is 8.42. The van der Waals surface area contributed by atoms with Gasteiger partial charge in [0.25, 0.3) is 5.91 Å². The van der Waals surface area contributed by atoms with Gasteiger partial charge in [-0.2, -0.15) is 0 Å². The molecule has 1 aromatic heterocycles. The molecule has 0 saturated carbocycles. The molecule has 6 nitrogen and oxygen atoms in total. The number of rotatable bonds is 5. The molecule has 2 aliphatic heterocycles. The first kappa shape index (κ1) is 21.1. The van der Waals surface area contributed by atoms with Gasteiger partial charge in [0.05, 0.1) is 23.7 Å². The van der Waals surface area contributed by atoms with Crippen LogP contribution in [0.3, 0.4) is 0 Å². The van der Waals surface area contributed by atoms with Gasteiger partial charge in [0, 0.05) is 44.6 Å². The number of halogens is 1. The number of benzene rings is 2. The highest BCUT2D eigenvalue weighted by Crippen LogP contribution is 2.36. The first-order chi connectivity index (χ1) is 16.1. The molecule has 0 radical (unpaired) electrons. The fourth-order valence-corrected chi connectivity index (χ4v) is 4.63. The summed E-state index contributed by atoms with van der Waals surface area (Å²) in [5, 5.41) is 0. The predicted octanol–water partition coefficient (Wildman–Crippen LogP) is 3.66. The minimum absolute atomic E-state index is 0.0168. The monoisotopic (exact) mass is 444 g/mol. The van der Waals surface area contributed by atoms with Crippen molar-refractivity contribution in [2.45, 2.75) is 19.0 Å². The van der Waals surface area contributed by atoms with Crippen molar-refractivity contribution >= 4 is 17.5 Å². The summed E-state index contributed by atoms with van der Waals surface area (Å²) in [6.07, 6.45) is 1.84. The Morgan fingerprint density at radius 3 is 2.39 bits per heavy atom. The van der Waals surface area contributed by atoms with Crippen LogP contribution in [-0.2, 0) is 11.3 Å². The van der Waals surface area contributed by atoms with E-state index >= 15 is 0 Å². The van der Waals surface area contributed by atoms with Gasteiger partial charge >= 0.3 is 0 Å². The van der Waals surface area contributed by atoms with Gasteiger partial charge in [-0.1, -0.05) is 30.3 Å². The number of amides is 2. The first-order valence-corrected chi connectivity index (χ1v) is 11.2. The molecule has 33 heavy (non-hydrogen) atoms. The van der Waals surface area contributed by atoms with E-state index in [1.54, 1.807) is 35.4 Å². The van der Waals surface area contributed by atoms with Crippen molar-refractivity contribution in [3.63, 3.8) is 0 Å². The molecule has 1 fully saturated rings. The minimum atomic E-state index is -0.432. The largest absolute Gasteiger partial charge is 0.368 e. The van der Waals surface area contributed by atoms with E-state index in [0.29, 0.717) is 30.9 Å². The minimum Gasteiger partial charge on any atom is -0.368 e. The maximum absolute atomic E-state index is 13.3. The number of aromatic nitrogens is 1. The molecule has 2 amide bonds. The number of fused-ring (bicyclic) bond motifs is 1. The molecular weight excluding hydrogens is 419 g/mol.